The molecule has 1 aromatic carbocycles. The van der Waals surface area contributed by atoms with Gasteiger partial charge in [0.25, 0.3) is 0 Å². The Balaban J connectivity index is 2.46. The van der Waals surface area contributed by atoms with Crippen LogP contribution in [0.2, 0.25) is 0 Å². The Kier molecular flexibility index (Phi) is 5.42. The van der Waals surface area contributed by atoms with Gasteiger partial charge in [-0.05, 0) is 47.0 Å². The maximum atomic E-state index is 12.9. The monoisotopic (exact) mass is 289 g/mol. The molecule has 1 amide bonds. The lowest BCUT2D eigenvalue weighted by Gasteiger charge is -2.05. The fourth-order valence-electron chi connectivity index (χ4n) is 1.19. The molecule has 0 fully saturated rings. The number of amides is 1. The number of nitrogens with one attached hydrogen (secondary N) is 1. The lowest BCUT2D eigenvalue weighted by atomic mass is 10.2. The van der Waals surface area contributed by atoms with Gasteiger partial charge in [-0.1, -0.05) is 0 Å². The first-order valence-corrected chi connectivity index (χ1v) is 5.78. The van der Waals surface area contributed by atoms with Gasteiger partial charge in [0, 0.05) is 18.7 Å². The first kappa shape index (κ1) is 13.1. The van der Waals surface area contributed by atoms with Gasteiger partial charge in [0.05, 0.1) is 4.47 Å². The van der Waals surface area contributed by atoms with Crippen LogP contribution in [0.15, 0.2) is 22.7 Å². The van der Waals surface area contributed by atoms with Crippen molar-refractivity contribution in [3.63, 3.8) is 0 Å². The Labute approximate surface area is 102 Å². The van der Waals surface area contributed by atoms with Gasteiger partial charge >= 0.3 is 0 Å². The van der Waals surface area contributed by atoms with Crippen LogP contribution in [0.1, 0.15) is 19.3 Å². The van der Waals surface area contributed by atoms with Crippen molar-refractivity contribution >= 4 is 27.5 Å². The zero-order valence-electron chi connectivity index (χ0n) is 8.67. The Bertz CT molecular complexity index is 371. The van der Waals surface area contributed by atoms with E-state index in [2.05, 4.69) is 21.2 Å². The summed E-state index contributed by atoms with van der Waals surface area (Å²) in [5, 5.41) is 11.2. The highest BCUT2D eigenvalue weighted by Gasteiger charge is 2.04. The molecule has 2 N–H and O–H groups in total. The second-order valence-corrected chi connectivity index (χ2v) is 4.21. The fraction of sp³-hybridized carbons (Fsp3) is 0.364. The highest BCUT2D eigenvalue weighted by Crippen LogP contribution is 2.20. The molecule has 3 nitrogen and oxygen atoms in total. The molecule has 0 heterocycles. The predicted molar refractivity (Wildman–Crippen MR) is 63.7 cm³/mol. The van der Waals surface area contributed by atoms with Gasteiger partial charge in [-0.15, -0.1) is 0 Å². The Morgan fingerprint density at radius 2 is 2.19 bits per heavy atom. The number of aliphatic hydroxyl groups is 1. The molecule has 0 aromatic heterocycles. The van der Waals surface area contributed by atoms with Crippen LogP contribution in [0.3, 0.4) is 0 Å². The predicted octanol–water partition coefficient (Wildman–Crippen LogP) is 2.69. The number of unbranched alkanes of at least 4 members (excludes halogenated alkanes) is 1. The van der Waals surface area contributed by atoms with E-state index in [1.54, 1.807) is 0 Å². The summed E-state index contributed by atoms with van der Waals surface area (Å²) in [6.07, 6.45) is 1.61. The van der Waals surface area contributed by atoms with Gasteiger partial charge < -0.3 is 10.4 Å². The van der Waals surface area contributed by atoms with Crippen molar-refractivity contribution < 1.29 is 14.3 Å². The molecule has 0 aliphatic carbocycles. The molecule has 88 valence electrons. The molecule has 1 aromatic rings. The van der Waals surface area contributed by atoms with Crippen molar-refractivity contribution in [2.75, 3.05) is 11.9 Å². The molecule has 1 rings (SSSR count). The Hall–Kier alpha value is -0.940. The summed E-state index contributed by atoms with van der Waals surface area (Å²) in [7, 11) is 0. The van der Waals surface area contributed by atoms with Crippen LogP contribution in [-0.2, 0) is 4.79 Å². The number of rotatable bonds is 5. The molecule has 0 saturated carbocycles. The lowest BCUT2D eigenvalue weighted by Crippen LogP contribution is -2.11. The molecule has 0 aliphatic heterocycles. The third-order valence-electron chi connectivity index (χ3n) is 2.02. The van der Waals surface area contributed by atoms with Crippen molar-refractivity contribution in [2.24, 2.45) is 0 Å². The first-order valence-electron chi connectivity index (χ1n) is 4.99. The number of carbonyl (C=O) groups is 1. The lowest BCUT2D eigenvalue weighted by molar-refractivity contribution is -0.116. The normalized spacial score (nSPS) is 10.2. The summed E-state index contributed by atoms with van der Waals surface area (Å²) in [5.41, 5.74) is 0.558. The Morgan fingerprint density at radius 1 is 1.44 bits per heavy atom. The summed E-state index contributed by atoms with van der Waals surface area (Å²) in [6, 6.07) is 4.30. The standard InChI is InChI=1S/C11H13BrFNO2/c12-9-7-8(4-5-10(9)13)14-11(16)3-1-2-6-15/h4-5,7,15H,1-3,6H2,(H,14,16). The van der Waals surface area contributed by atoms with Crippen molar-refractivity contribution in [1.29, 1.82) is 0 Å². The van der Waals surface area contributed by atoms with Crippen molar-refractivity contribution in [2.45, 2.75) is 19.3 Å². The second-order valence-electron chi connectivity index (χ2n) is 3.36. The molecule has 5 heteroatoms. The average molecular weight is 290 g/mol. The number of benzene rings is 1. The van der Waals surface area contributed by atoms with Crippen LogP contribution >= 0.6 is 15.9 Å². The van der Waals surface area contributed by atoms with Crippen LogP contribution in [0.4, 0.5) is 10.1 Å². The molecule has 0 atom stereocenters. The highest BCUT2D eigenvalue weighted by molar-refractivity contribution is 9.10. The van der Waals surface area contributed by atoms with E-state index in [-0.39, 0.29) is 18.3 Å². The van der Waals surface area contributed by atoms with E-state index < -0.39 is 0 Å². The Morgan fingerprint density at radius 3 is 2.81 bits per heavy atom. The van der Waals surface area contributed by atoms with Crippen LogP contribution in [0.25, 0.3) is 0 Å². The van der Waals surface area contributed by atoms with Crippen LogP contribution < -0.4 is 5.32 Å². The third-order valence-corrected chi connectivity index (χ3v) is 2.62. The molecule has 0 saturated heterocycles. The quantitative estimate of drug-likeness (QED) is 0.819. The summed E-state index contributed by atoms with van der Waals surface area (Å²) in [4.78, 5) is 11.4. The SMILES string of the molecule is O=C(CCCCO)Nc1ccc(F)c(Br)c1. The molecule has 0 aliphatic rings. The topological polar surface area (TPSA) is 49.3 Å². The van der Waals surface area contributed by atoms with Crippen molar-refractivity contribution in [3.05, 3.63) is 28.5 Å². The smallest absolute Gasteiger partial charge is 0.224 e. The third kappa shape index (κ3) is 4.28. The molecule has 0 radical (unpaired) electrons. The molecule has 0 spiro atoms. The highest BCUT2D eigenvalue weighted by atomic mass is 79.9. The largest absolute Gasteiger partial charge is 0.396 e. The summed E-state index contributed by atoms with van der Waals surface area (Å²) in [5.74, 6) is -0.495. The zero-order valence-corrected chi connectivity index (χ0v) is 10.3. The van der Waals surface area contributed by atoms with Crippen molar-refractivity contribution in [3.8, 4) is 0 Å². The maximum absolute atomic E-state index is 12.9. The van der Waals surface area contributed by atoms with E-state index in [4.69, 9.17) is 5.11 Å². The van der Waals surface area contributed by atoms with E-state index in [9.17, 15) is 9.18 Å². The fourth-order valence-corrected chi connectivity index (χ4v) is 1.57. The van der Waals surface area contributed by atoms with E-state index in [0.29, 0.717) is 29.4 Å². The summed E-state index contributed by atoms with van der Waals surface area (Å²) >= 11 is 3.04. The minimum atomic E-state index is -0.363. The van der Waals surface area contributed by atoms with Gasteiger partial charge in [-0.25, -0.2) is 4.39 Å². The molecule has 16 heavy (non-hydrogen) atoms. The van der Waals surface area contributed by atoms with E-state index in [1.165, 1.54) is 18.2 Å². The second kappa shape index (κ2) is 6.60. The summed E-state index contributed by atoms with van der Waals surface area (Å²) < 4.78 is 13.2. The van der Waals surface area contributed by atoms with E-state index >= 15 is 0 Å². The van der Waals surface area contributed by atoms with Crippen LogP contribution in [-0.4, -0.2) is 17.6 Å². The summed E-state index contributed by atoms with van der Waals surface area (Å²) in [6.45, 7) is 0.0926. The number of hydrogen-bond acceptors (Lipinski definition) is 2. The van der Waals surface area contributed by atoms with Crippen molar-refractivity contribution in [1.82, 2.24) is 0 Å². The average Bonchev–Trinajstić information content (AvgIpc) is 2.24. The number of anilines is 1. The van der Waals surface area contributed by atoms with Crippen LogP contribution in [0, 0.1) is 5.82 Å². The first-order chi connectivity index (χ1) is 7.63. The molecular formula is C11H13BrFNO2. The van der Waals surface area contributed by atoms with Gasteiger partial charge in [0.15, 0.2) is 0 Å². The maximum Gasteiger partial charge on any atom is 0.224 e. The molecule has 0 unspecified atom stereocenters. The zero-order chi connectivity index (χ0) is 12.0. The minimum Gasteiger partial charge on any atom is -0.396 e. The van der Waals surface area contributed by atoms with E-state index in [1.807, 2.05) is 0 Å². The minimum absolute atomic E-state index is 0.0926. The van der Waals surface area contributed by atoms with Gasteiger partial charge in [-0.3, -0.25) is 4.79 Å². The van der Waals surface area contributed by atoms with Crippen LogP contribution in [0.5, 0.6) is 0 Å². The number of aliphatic hydroxyl groups excluding tert-OH is 1. The van der Waals surface area contributed by atoms with Gasteiger partial charge in [0.1, 0.15) is 5.82 Å². The number of carbonyl (C=O) groups excluding carboxylic acids is 1. The van der Waals surface area contributed by atoms with Gasteiger partial charge in [-0.2, -0.15) is 0 Å². The number of hydrogen-bond donors (Lipinski definition) is 2. The van der Waals surface area contributed by atoms with E-state index in [0.717, 1.165) is 0 Å². The molecule has 0 bridgehead atoms. The number of halogens is 2. The van der Waals surface area contributed by atoms with Gasteiger partial charge in [0.2, 0.25) is 5.91 Å². The molecular weight excluding hydrogens is 277 g/mol.